The molecule has 3 aromatic rings. The van der Waals surface area contributed by atoms with Gasteiger partial charge in [-0.1, -0.05) is 0 Å². The molecular weight excluding hydrogens is 346 g/mol. The lowest BCUT2D eigenvalue weighted by Gasteiger charge is -2.15. The Kier molecular flexibility index (Phi) is 4.07. The van der Waals surface area contributed by atoms with Crippen LogP contribution in [-0.2, 0) is 0 Å². The molecule has 0 saturated heterocycles. The number of aromatic nitrogens is 2. The molecule has 7 heteroatoms. The van der Waals surface area contributed by atoms with Crippen molar-refractivity contribution in [1.82, 2.24) is 9.38 Å². The fourth-order valence-corrected chi connectivity index (χ4v) is 3.46. The van der Waals surface area contributed by atoms with Crippen LogP contribution in [0.1, 0.15) is 29.9 Å². The minimum atomic E-state index is -1.49. The van der Waals surface area contributed by atoms with E-state index in [1.807, 2.05) is 32.2 Å². The number of pyridine rings is 3. The highest BCUT2D eigenvalue weighted by Crippen LogP contribution is 2.44. The lowest BCUT2D eigenvalue weighted by Crippen LogP contribution is -2.20. The third kappa shape index (κ3) is 3.01. The number of nitrogens with one attached hydrogen (secondary N) is 1. The van der Waals surface area contributed by atoms with Crippen LogP contribution in [0.2, 0.25) is 0 Å². The Morgan fingerprint density at radius 3 is 2.70 bits per heavy atom. The topological polar surface area (TPSA) is 92.9 Å². The number of hydrogen-bond acceptors (Lipinski definition) is 5. The second kappa shape index (κ2) is 6.42. The molecule has 1 fully saturated rings. The number of nitrogens with zero attached hydrogens (tertiary/aromatic N) is 2. The van der Waals surface area contributed by atoms with Crippen molar-refractivity contribution in [2.75, 3.05) is 12.4 Å². The second-order valence-corrected chi connectivity index (χ2v) is 6.67. The average Bonchev–Trinajstić information content (AvgIpc) is 3.49. The molecule has 0 amide bonds. The molecule has 1 aliphatic rings. The van der Waals surface area contributed by atoms with Crippen LogP contribution in [0.3, 0.4) is 0 Å². The number of anilines is 1. The van der Waals surface area contributed by atoms with Gasteiger partial charge in [0.2, 0.25) is 0 Å². The Labute approximate surface area is 155 Å². The van der Waals surface area contributed by atoms with Gasteiger partial charge in [0.25, 0.3) is 5.56 Å². The lowest BCUT2D eigenvalue weighted by atomic mass is 9.98. The summed E-state index contributed by atoms with van der Waals surface area (Å²) >= 11 is 0. The highest BCUT2D eigenvalue weighted by Gasteiger charge is 2.29. The Hall–Kier alpha value is -3.35. The highest BCUT2D eigenvalue weighted by molar-refractivity contribution is 5.78. The van der Waals surface area contributed by atoms with Gasteiger partial charge in [0, 0.05) is 25.0 Å². The van der Waals surface area contributed by atoms with Crippen molar-refractivity contribution < 1.29 is 14.6 Å². The molecule has 3 heterocycles. The van der Waals surface area contributed by atoms with Crippen molar-refractivity contribution in [1.29, 1.82) is 0 Å². The van der Waals surface area contributed by atoms with E-state index in [2.05, 4.69) is 10.3 Å². The smallest absolute Gasteiger partial charge is 0.449 e. The number of rotatable bonds is 4. The SMILES string of the molecule is CNc1ccc(-c2ccn3c(=O)c(OC(=O)O)cc(C4CC4)c3c2C)cn1. The van der Waals surface area contributed by atoms with E-state index in [0.717, 1.165) is 46.4 Å². The molecule has 1 saturated carbocycles. The zero-order valence-corrected chi connectivity index (χ0v) is 15.0. The van der Waals surface area contributed by atoms with Crippen LogP contribution in [-0.4, -0.2) is 27.7 Å². The lowest BCUT2D eigenvalue weighted by molar-refractivity contribution is 0.143. The standard InChI is InChI=1S/C20H19N3O4/c1-11-14(13-5-6-17(21-2)22-10-13)7-8-23-18(11)15(12-3-4-12)9-16(19(23)24)27-20(25)26/h5-10,12H,3-4H2,1-2H3,(H,21,22)(H,25,26). The second-order valence-electron chi connectivity index (χ2n) is 6.67. The van der Waals surface area contributed by atoms with Crippen LogP contribution in [0.25, 0.3) is 16.6 Å². The van der Waals surface area contributed by atoms with Crippen molar-refractivity contribution >= 4 is 17.5 Å². The van der Waals surface area contributed by atoms with Crippen molar-refractivity contribution in [3.8, 4) is 16.9 Å². The molecule has 0 bridgehead atoms. The first-order valence-electron chi connectivity index (χ1n) is 8.73. The van der Waals surface area contributed by atoms with Crippen LogP contribution in [0.5, 0.6) is 5.75 Å². The number of hydrogen-bond donors (Lipinski definition) is 2. The molecule has 0 unspecified atom stereocenters. The summed E-state index contributed by atoms with van der Waals surface area (Å²) in [6.45, 7) is 1.97. The molecule has 0 aromatic carbocycles. The number of ether oxygens (including phenoxy) is 1. The largest absolute Gasteiger partial charge is 0.511 e. The predicted octanol–water partition coefficient (Wildman–Crippen LogP) is 3.65. The van der Waals surface area contributed by atoms with Crippen LogP contribution in [0.4, 0.5) is 10.6 Å². The van der Waals surface area contributed by atoms with Gasteiger partial charge in [0.1, 0.15) is 5.82 Å². The number of aryl methyl sites for hydroxylation is 1. The van der Waals surface area contributed by atoms with Gasteiger partial charge in [-0.3, -0.25) is 9.20 Å². The third-order valence-electron chi connectivity index (χ3n) is 4.93. The van der Waals surface area contributed by atoms with Crippen LogP contribution >= 0.6 is 0 Å². The molecule has 4 rings (SSSR count). The van der Waals surface area contributed by atoms with Gasteiger partial charge in [-0.15, -0.1) is 0 Å². The Morgan fingerprint density at radius 2 is 2.11 bits per heavy atom. The Bertz CT molecular complexity index is 1100. The zero-order chi connectivity index (χ0) is 19.1. The molecule has 0 spiro atoms. The van der Waals surface area contributed by atoms with Gasteiger partial charge >= 0.3 is 6.16 Å². The molecule has 7 nitrogen and oxygen atoms in total. The first-order chi connectivity index (χ1) is 13.0. The van der Waals surface area contributed by atoms with Gasteiger partial charge in [0.15, 0.2) is 5.75 Å². The van der Waals surface area contributed by atoms with E-state index in [9.17, 15) is 9.59 Å². The average molecular weight is 365 g/mol. The Morgan fingerprint density at radius 1 is 1.33 bits per heavy atom. The summed E-state index contributed by atoms with van der Waals surface area (Å²) in [6, 6.07) is 7.31. The Balaban J connectivity index is 1.95. The molecule has 27 heavy (non-hydrogen) atoms. The summed E-state index contributed by atoms with van der Waals surface area (Å²) < 4.78 is 6.20. The number of carboxylic acid groups (broad SMARTS) is 1. The van der Waals surface area contributed by atoms with Crippen molar-refractivity contribution in [3.63, 3.8) is 0 Å². The van der Waals surface area contributed by atoms with Crippen LogP contribution < -0.4 is 15.6 Å². The van der Waals surface area contributed by atoms with Gasteiger partial charge in [-0.2, -0.15) is 0 Å². The minimum absolute atomic E-state index is 0.158. The van der Waals surface area contributed by atoms with E-state index in [0.29, 0.717) is 5.92 Å². The van der Waals surface area contributed by atoms with Gasteiger partial charge in [-0.05, 0) is 66.6 Å². The molecule has 3 aromatic heterocycles. The highest BCUT2D eigenvalue weighted by atomic mass is 16.7. The molecule has 0 aliphatic heterocycles. The molecule has 138 valence electrons. The molecule has 0 atom stereocenters. The summed E-state index contributed by atoms with van der Waals surface area (Å²) in [5, 5.41) is 11.9. The molecular formula is C20H19N3O4. The van der Waals surface area contributed by atoms with E-state index in [1.54, 1.807) is 18.5 Å². The van der Waals surface area contributed by atoms with Crippen molar-refractivity contribution in [2.45, 2.75) is 25.7 Å². The van der Waals surface area contributed by atoms with Crippen LogP contribution in [0.15, 0.2) is 41.5 Å². The van der Waals surface area contributed by atoms with E-state index in [4.69, 9.17) is 9.84 Å². The molecule has 2 N–H and O–H groups in total. The summed E-state index contributed by atoms with van der Waals surface area (Å²) in [5.74, 6) is 0.937. The number of fused-ring (bicyclic) bond motifs is 1. The third-order valence-corrected chi connectivity index (χ3v) is 4.93. The van der Waals surface area contributed by atoms with Gasteiger partial charge in [0.05, 0.1) is 5.52 Å². The van der Waals surface area contributed by atoms with Gasteiger partial charge in [-0.25, -0.2) is 9.78 Å². The summed E-state index contributed by atoms with van der Waals surface area (Å²) in [7, 11) is 1.81. The van der Waals surface area contributed by atoms with E-state index < -0.39 is 11.7 Å². The maximum atomic E-state index is 12.7. The fraction of sp³-hybridized carbons (Fsp3) is 0.250. The first-order valence-corrected chi connectivity index (χ1v) is 8.73. The minimum Gasteiger partial charge on any atom is -0.449 e. The summed E-state index contributed by atoms with van der Waals surface area (Å²) in [5.41, 5.74) is 4.18. The summed E-state index contributed by atoms with van der Waals surface area (Å²) in [4.78, 5) is 28.0. The van der Waals surface area contributed by atoms with E-state index in [1.165, 1.54) is 4.40 Å². The summed E-state index contributed by atoms with van der Waals surface area (Å²) in [6.07, 6.45) is 4.01. The number of carbonyl (C=O) groups is 1. The normalized spacial score (nSPS) is 13.6. The van der Waals surface area contributed by atoms with Crippen molar-refractivity contribution in [3.05, 3.63) is 58.1 Å². The maximum Gasteiger partial charge on any atom is 0.511 e. The predicted molar refractivity (Wildman–Crippen MR) is 102 cm³/mol. The maximum absolute atomic E-state index is 12.7. The zero-order valence-electron chi connectivity index (χ0n) is 15.0. The fourth-order valence-electron chi connectivity index (χ4n) is 3.46. The van der Waals surface area contributed by atoms with Gasteiger partial charge < -0.3 is 15.2 Å². The van der Waals surface area contributed by atoms with E-state index in [-0.39, 0.29) is 5.75 Å². The quantitative estimate of drug-likeness (QED) is 0.686. The molecule has 1 aliphatic carbocycles. The van der Waals surface area contributed by atoms with Crippen molar-refractivity contribution in [2.24, 2.45) is 0 Å². The van der Waals surface area contributed by atoms with Crippen LogP contribution in [0, 0.1) is 6.92 Å². The monoisotopic (exact) mass is 365 g/mol. The van der Waals surface area contributed by atoms with E-state index >= 15 is 0 Å². The molecule has 0 radical (unpaired) electrons. The first kappa shape index (κ1) is 17.1.